The lowest BCUT2D eigenvalue weighted by atomic mass is 10.1. The predicted molar refractivity (Wildman–Crippen MR) is 75.3 cm³/mol. The Kier molecular flexibility index (Phi) is 5.14. The van der Waals surface area contributed by atoms with Crippen LogP contribution in [0.1, 0.15) is 40.5 Å². The smallest absolute Gasteiger partial charge is 0.0259 e. The molecule has 16 heavy (non-hydrogen) atoms. The molecule has 1 atom stereocenters. The molecule has 1 rings (SSSR count). The number of nitrogens with one attached hydrogen (secondary N) is 1. The standard InChI is InChI=1S/C13H28N2S/c1-12(2,3)14-8-9-15(5)11-13(4)7-6-10-16-13/h14H,6-11H2,1-5H3. The van der Waals surface area contributed by atoms with Gasteiger partial charge in [-0.25, -0.2) is 0 Å². The second-order valence-corrected chi connectivity index (χ2v) is 8.00. The minimum absolute atomic E-state index is 0.243. The molecule has 0 aromatic rings. The fourth-order valence-electron chi connectivity index (χ4n) is 2.23. The Morgan fingerprint density at radius 2 is 2.06 bits per heavy atom. The van der Waals surface area contributed by atoms with Gasteiger partial charge in [-0.3, -0.25) is 0 Å². The van der Waals surface area contributed by atoms with Gasteiger partial charge in [-0.1, -0.05) is 0 Å². The van der Waals surface area contributed by atoms with Gasteiger partial charge >= 0.3 is 0 Å². The summed E-state index contributed by atoms with van der Waals surface area (Å²) in [4.78, 5) is 2.47. The average Bonchev–Trinajstić information content (AvgIpc) is 2.49. The Balaban J connectivity index is 2.18. The summed E-state index contributed by atoms with van der Waals surface area (Å²) in [5.74, 6) is 1.35. The molecule has 1 aliphatic heterocycles. The molecule has 0 bridgehead atoms. The first-order valence-corrected chi connectivity index (χ1v) is 7.37. The van der Waals surface area contributed by atoms with Crippen LogP contribution in [0.2, 0.25) is 0 Å². The normalized spacial score (nSPS) is 26.6. The quantitative estimate of drug-likeness (QED) is 0.800. The number of thioether (sulfide) groups is 1. The van der Waals surface area contributed by atoms with Crippen LogP contribution in [0.5, 0.6) is 0 Å². The van der Waals surface area contributed by atoms with Gasteiger partial charge in [0.15, 0.2) is 0 Å². The van der Waals surface area contributed by atoms with Crippen molar-refractivity contribution in [1.82, 2.24) is 10.2 Å². The van der Waals surface area contributed by atoms with E-state index in [1.807, 2.05) is 0 Å². The van der Waals surface area contributed by atoms with Gasteiger partial charge in [0.1, 0.15) is 0 Å². The van der Waals surface area contributed by atoms with Crippen LogP contribution in [-0.2, 0) is 0 Å². The van der Waals surface area contributed by atoms with Crippen LogP contribution in [0, 0.1) is 0 Å². The van der Waals surface area contributed by atoms with Crippen molar-refractivity contribution in [2.45, 2.75) is 50.8 Å². The van der Waals surface area contributed by atoms with Gasteiger partial charge in [0, 0.05) is 29.9 Å². The third-order valence-electron chi connectivity index (χ3n) is 3.05. The molecule has 0 saturated carbocycles. The molecular formula is C13H28N2S. The Morgan fingerprint density at radius 1 is 1.38 bits per heavy atom. The topological polar surface area (TPSA) is 15.3 Å². The van der Waals surface area contributed by atoms with E-state index < -0.39 is 0 Å². The van der Waals surface area contributed by atoms with Gasteiger partial charge in [-0.2, -0.15) is 11.8 Å². The second kappa shape index (κ2) is 5.74. The maximum Gasteiger partial charge on any atom is 0.0259 e. The fraction of sp³-hybridized carbons (Fsp3) is 1.00. The van der Waals surface area contributed by atoms with E-state index >= 15 is 0 Å². The minimum Gasteiger partial charge on any atom is -0.311 e. The molecular weight excluding hydrogens is 216 g/mol. The molecule has 0 aliphatic carbocycles. The van der Waals surface area contributed by atoms with Crippen molar-refractivity contribution in [3.05, 3.63) is 0 Å². The lowest BCUT2D eigenvalue weighted by Gasteiger charge is -2.30. The minimum atomic E-state index is 0.243. The predicted octanol–water partition coefficient (Wildman–Crippen LogP) is 2.59. The average molecular weight is 244 g/mol. The highest BCUT2D eigenvalue weighted by molar-refractivity contribution is 8.00. The fourth-order valence-corrected chi connectivity index (χ4v) is 3.62. The van der Waals surface area contributed by atoms with E-state index in [1.54, 1.807) is 0 Å². The SMILES string of the molecule is CN(CCNC(C)(C)C)CC1(C)CCCS1. The van der Waals surface area contributed by atoms with Gasteiger partial charge in [0.25, 0.3) is 0 Å². The van der Waals surface area contributed by atoms with Gasteiger partial charge < -0.3 is 10.2 Å². The summed E-state index contributed by atoms with van der Waals surface area (Å²) in [5.41, 5.74) is 0.243. The molecule has 1 N–H and O–H groups in total. The molecule has 1 saturated heterocycles. The van der Waals surface area contributed by atoms with Gasteiger partial charge in [0.2, 0.25) is 0 Å². The number of nitrogens with zero attached hydrogens (tertiary/aromatic N) is 1. The largest absolute Gasteiger partial charge is 0.311 e. The van der Waals surface area contributed by atoms with Crippen LogP contribution in [0.4, 0.5) is 0 Å². The van der Waals surface area contributed by atoms with E-state index in [1.165, 1.54) is 25.1 Å². The number of hydrogen-bond acceptors (Lipinski definition) is 3. The highest BCUT2D eigenvalue weighted by Crippen LogP contribution is 2.37. The molecule has 1 aliphatic rings. The maximum atomic E-state index is 3.54. The Hall–Kier alpha value is 0.270. The second-order valence-electron chi connectivity index (χ2n) is 6.32. The van der Waals surface area contributed by atoms with E-state index in [-0.39, 0.29) is 5.54 Å². The van der Waals surface area contributed by atoms with E-state index in [2.05, 4.69) is 56.7 Å². The lowest BCUT2D eigenvalue weighted by Crippen LogP contribution is -2.43. The van der Waals surface area contributed by atoms with Crippen molar-refractivity contribution in [2.75, 3.05) is 32.4 Å². The zero-order valence-corrected chi connectivity index (χ0v) is 12.4. The Bertz CT molecular complexity index is 204. The summed E-state index contributed by atoms with van der Waals surface area (Å²) in [6.07, 6.45) is 2.78. The number of hydrogen-bond donors (Lipinski definition) is 1. The molecule has 0 aromatic heterocycles. The highest BCUT2D eigenvalue weighted by Gasteiger charge is 2.30. The van der Waals surface area contributed by atoms with Crippen molar-refractivity contribution in [2.24, 2.45) is 0 Å². The van der Waals surface area contributed by atoms with Crippen LogP contribution in [0.15, 0.2) is 0 Å². The molecule has 1 heterocycles. The van der Waals surface area contributed by atoms with Crippen molar-refractivity contribution < 1.29 is 0 Å². The molecule has 0 aromatic carbocycles. The zero-order chi connectivity index (χ0) is 12.2. The van der Waals surface area contributed by atoms with Gasteiger partial charge in [0.05, 0.1) is 0 Å². The van der Waals surface area contributed by atoms with Crippen LogP contribution in [-0.4, -0.2) is 47.6 Å². The lowest BCUT2D eigenvalue weighted by molar-refractivity contribution is 0.284. The number of rotatable bonds is 5. The van der Waals surface area contributed by atoms with E-state index in [4.69, 9.17) is 0 Å². The molecule has 0 radical (unpaired) electrons. The monoisotopic (exact) mass is 244 g/mol. The summed E-state index contributed by atoms with van der Waals surface area (Å²) < 4.78 is 0.510. The van der Waals surface area contributed by atoms with Crippen molar-refractivity contribution in [3.8, 4) is 0 Å². The molecule has 0 spiro atoms. The van der Waals surface area contributed by atoms with E-state index in [0.717, 1.165) is 13.1 Å². The molecule has 1 fully saturated rings. The van der Waals surface area contributed by atoms with Crippen LogP contribution < -0.4 is 5.32 Å². The van der Waals surface area contributed by atoms with E-state index in [0.29, 0.717) is 4.75 Å². The van der Waals surface area contributed by atoms with Gasteiger partial charge in [-0.15, -0.1) is 0 Å². The van der Waals surface area contributed by atoms with Crippen LogP contribution in [0.3, 0.4) is 0 Å². The molecule has 1 unspecified atom stereocenters. The molecule has 2 nitrogen and oxygen atoms in total. The van der Waals surface area contributed by atoms with Crippen molar-refractivity contribution in [3.63, 3.8) is 0 Å². The van der Waals surface area contributed by atoms with Crippen LogP contribution in [0.25, 0.3) is 0 Å². The summed E-state index contributed by atoms with van der Waals surface area (Å²) in [5, 5.41) is 3.54. The van der Waals surface area contributed by atoms with E-state index in [9.17, 15) is 0 Å². The highest BCUT2D eigenvalue weighted by atomic mass is 32.2. The van der Waals surface area contributed by atoms with Crippen molar-refractivity contribution >= 4 is 11.8 Å². The first-order valence-electron chi connectivity index (χ1n) is 6.38. The van der Waals surface area contributed by atoms with Crippen molar-refractivity contribution in [1.29, 1.82) is 0 Å². The number of likely N-dealkylation sites (N-methyl/N-ethyl adjacent to an activating group) is 1. The molecule has 0 amide bonds. The first kappa shape index (κ1) is 14.3. The maximum absolute atomic E-state index is 3.54. The Morgan fingerprint density at radius 3 is 2.56 bits per heavy atom. The summed E-state index contributed by atoms with van der Waals surface area (Å²) in [6.45, 7) is 12.5. The third-order valence-corrected chi connectivity index (χ3v) is 4.58. The summed E-state index contributed by atoms with van der Waals surface area (Å²) in [6, 6.07) is 0. The zero-order valence-electron chi connectivity index (χ0n) is 11.6. The summed E-state index contributed by atoms with van der Waals surface area (Å²) in [7, 11) is 2.24. The Labute approximate surface area is 106 Å². The third kappa shape index (κ3) is 5.55. The molecule has 3 heteroatoms. The molecule has 96 valence electrons. The summed E-state index contributed by atoms with van der Waals surface area (Å²) >= 11 is 2.15. The first-order chi connectivity index (χ1) is 7.31. The van der Waals surface area contributed by atoms with Gasteiger partial charge in [-0.05, 0) is 53.3 Å². The van der Waals surface area contributed by atoms with Crippen LogP contribution >= 0.6 is 11.8 Å².